The Morgan fingerprint density at radius 1 is 1.36 bits per heavy atom. The monoisotopic (exact) mass is 177 g/mol. The molecule has 0 bridgehead atoms. The van der Waals surface area contributed by atoms with Crippen LogP contribution in [0, 0.1) is 10.1 Å². The summed E-state index contributed by atoms with van der Waals surface area (Å²) in [6.45, 7) is 0. The third-order valence-corrected chi connectivity index (χ3v) is 1.41. The molecule has 0 amide bonds. The minimum absolute atomic E-state index is 0. The molecule has 0 N–H and O–H groups in total. The molecule has 5 heteroatoms. The number of para-hydroxylation sites is 1. The van der Waals surface area contributed by atoms with Gasteiger partial charge in [0.25, 0.3) is 0 Å². The van der Waals surface area contributed by atoms with Crippen LogP contribution in [-0.4, -0.2) is 4.92 Å². The van der Waals surface area contributed by atoms with Gasteiger partial charge in [-0.2, -0.15) is 0 Å². The van der Waals surface area contributed by atoms with Crippen molar-refractivity contribution >= 4 is 18.3 Å². The van der Waals surface area contributed by atoms with Crippen LogP contribution in [0.2, 0.25) is 0 Å². The number of hydrogen-bond acceptors (Lipinski definition) is 3. The average Bonchev–Trinajstić information content (AvgIpc) is 1.88. The number of nitro groups is 1. The van der Waals surface area contributed by atoms with Gasteiger partial charge in [0.05, 0.1) is 4.92 Å². The summed E-state index contributed by atoms with van der Waals surface area (Å²) in [5, 5.41) is 10.2. The van der Waals surface area contributed by atoms with Gasteiger partial charge < -0.3 is 12.6 Å². The van der Waals surface area contributed by atoms with Crippen molar-refractivity contribution in [3.63, 3.8) is 0 Å². The van der Waals surface area contributed by atoms with E-state index in [1.807, 2.05) is 0 Å². The Balaban J connectivity index is 0.000001000. The maximum absolute atomic E-state index is 10.2. The van der Waals surface area contributed by atoms with Gasteiger partial charge in [-0.3, -0.25) is 10.1 Å². The average molecular weight is 177 g/mol. The molecule has 11 heavy (non-hydrogen) atoms. The van der Waals surface area contributed by atoms with E-state index in [1.54, 1.807) is 12.1 Å². The minimum atomic E-state index is -0.484. The van der Waals surface area contributed by atoms with Gasteiger partial charge in [-0.25, -0.2) is 0 Å². The second-order valence-corrected chi connectivity index (χ2v) is 2.16. The molecule has 0 aromatic heterocycles. The smallest absolute Gasteiger partial charge is 0.773 e. The number of nitrogens with zero attached hydrogens (tertiary/aromatic N) is 1. The van der Waals surface area contributed by atoms with Crippen molar-refractivity contribution in [3.05, 3.63) is 34.4 Å². The SMILES string of the molecule is O=[N+]([O-])c1ccccc1[S-].[Na+]. The Labute approximate surface area is 91.7 Å². The zero-order valence-electron chi connectivity index (χ0n) is 5.98. The molecule has 0 aliphatic rings. The predicted molar refractivity (Wildman–Crippen MR) is 38.7 cm³/mol. The minimum Gasteiger partial charge on any atom is -0.773 e. The molecule has 0 aliphatic carbocycles. The molecule has 0 spiro atoms. The predicted octanol–water partition coefficient (Wildman–Crippen LogP) is -1.50. The molecule has 0 radical (unpaired) electrons. The van der Waals surface area contributed by atoms with Gasteiger partial charge in [0, 0.05) is 6.07 Å². The Hall–Kier alpha value is -0.160. The number of rotatable bonds is 1. The van der Waals surface area contributed by atoms with Crippen LogP contribution in [0.25, 0.3) is 0 Å². The molecule has 0 heterocycles. The van der Waals surface area contributed by atoms with Crippen LogP contribution in [0.5, 0.6) is 0 Å². The summed E-state index contributed by atoms with van der Waals surface area (Å²) in [6.07, 6.45) is 0. The number of nitro benzene ring substituents is 1. The van der Waals surface area contributed by atoms with Crippen molar-refractivity contribution in [2.75, 3.05) is 0 Å². The first-order chi connectivity index (χ1) is 4.72. The second-order valence-electron chi connectivity index (χ2n) is 1.72. The molecule has 3 nitrogen and oxygen atoms in total. The second kappa shape index (κ2) is 4.66. The third-order valence-electron chi connectivity index (χ3n) is 1.06. The summed E-state index contributed by atoms with van der Waals surface area (Å²) in [5.74, 6) is 0. The fourth-order valence-electron chi connectivity index (χ4n) is 0.608. The molecule has 0 aliphatic heterocycles. The Bertz CT molecular complexity index is 267. The summed E-state index contributed by atoms with van der Waals surface area (Å²) in [5.41, 5.74) is -0.00231. The molecule has 52 valence electrons. The van der Waals surface area contributed by atoms with E-state index in [9.17, 15) is 10.1 Å². The maximum atomic E-state index is 10.2. The Kier molecular flexibility index (Phi) is 4.60. The zero-order chi connectivity index (χ0) is 7.56. The van der Waals surface area contributed by atoms with Crippen LogP contribution in [-0.2, 0) is 12.6 Å². The quantitative estimate of drug-likeness (QED) is 0.227. The van der Waals surface area contributed by atoms with Crippen LogP contribution in [0.1, 0.15) is 0 Å². The van der Waals surface area contributed by atoms with Gasteiger partial charge in [0.15, 0.2) is 0 Å². The van der Waals surface area contributed by atoms with Crippen LogP contribution in [0.4, 0.5) is 5.69 Å². The van der Waals surface area contributed by atoms with Crippen LogP contribution in [0.15, 0.2) is 29.2 Å². The van der Waals surface area contributed by atoms with Crippen molar-refractivity contribution in [2.45, 2.75) is 4.90 Å². The fraction of sp³-hybridized carbons (Fsp3) is 0. The molecule has 0 saturated heterocycles. The molecule has 0 unspecified atom stereocenters. The molecule has 1 aromatic carbocycles. The number of benzene rings is 1. The molecule has 0 saturated carbocycles. The summed E-state index contributed by atoms with van der Waals surface area (Å²) in [7, 11) is 0. The molecule has 0 atom stereocenters. The van der Waals surface area contributed by atoms with Crippen molar-refractivity contribution in [2.24, 2.45) is 0 Å². The standard InChI is InChI=1S/C6H5NO2S.Na/c8-7(9)5-3-1-2-4-6(5)10;/h1-4,10H;/q;+1/p-1. The van der Waals surface area contributed by atoms with Crippen LogP contribution in [0.3, 0.4) is 0 Å². The van der Waals surface area contributed by atoms with Crippen molar-refractivity contribution in [1.82, 2.24) is 0 Å². The zero-order valence-corrected chi connectivity index (χ0v) is 8.80. The van der Waals surface area contributed by atoms with Gasteiger partial charge in [-0.15, -0.1) is 0 Å². The van der Waals surface area contributed by atoms with E-state index in [0.29, 0.717) is 0 Å². The Morgan fingerprint density at radius 3 is 2.27 bits per heavy atom. The van der Waals surface area contributed by atoms with Gasteiger partial charge in [0.2, 0.25) is 5.69 Å². The van der Waals surface area contributed by atoms with Crippen molar-refractivity contribution in [1.29, 1.82) is 0 Å². The Morgan fingerprint density at radius 2 is 1.91 bits per heavy atom. The van der Waals surface area contributed by atoms with Crippen molar-refractivity contribution < 1.29 is 34.5 Å². The van der Waals surface area contributed by atoms with Crippen molar-refractivity contribution in [3.8, 4) is 0 Å². The molecular weight excluding hydrogens is 173 g/mol. The van der Waals surface area contributed by atoms with Gasteiger partial charge in [-0.1, -0.05) is 23.1 Å². The van der Waals surface area contributed by atoms with Crippen LogP contribution >= 0.6 is 0 Å². The maximum Gasteiger partial charge on any atom is 1.00 e. The van der Waals surface area contributed by atoms with E-state index in [2.05, 4.69) is 12.6 Å². The normalized spacial score (nSPS) is 8.36. The van der Waals surface area contributed by atoms with E-state index in [1.165, 1.54) is 12.1 Å². The molecule has 0 fully saturated rings. The summed E-state index contributed by atoms with van der Waals surface area (Å²) in [6, 6.07) is 6.19. The van der Waals surface area contributed by atoms with E-state index < -0.39 is 4.92 Å². The molecular formula is C6H4NNaO2S. The first-order valence-electron chi connectivity index (χ1n) is 2.62. The largest absolute Gasteiger partial charge is 1.00 e. The fourth-order valence-corrected chi connectivity index (χ4v) is 0.829. The topological polar surface area (TPSA) is 43.1 Å². The number of hydrogen-bond donors (Lipinski definition) is 0. The van der Waals surface area contributed by atoms with E-state index in [-0.39, 0.29) is 40.1 Å². The summed E-state index contributed by atoms with van der Waals surface area (Å²) < 4.78 is 0. The van der Waals surface area contributed by atoms with E-state index in [0.717, 1.165) is 0 Å². The third kappa shape index (κ3) is 2.75. The summed E-state index contributed by atoms with van der Waals surface area (Å²) in [4.78, 5) is 9.96. The van der Waals surface area contributed by atoms with Gasteiger partial charge >= 0.3 is 29.6 Å². The summed E-state index contributed by atoms with van der Waals surface area (Å²) >= 11 is 4.69. The van der Waals surface area contributed by atoms with E-state index >= 15 is 0 Å². The van der Waals surface area contributed by atoms with Crippen LogP contribution < -0.4 is 29.6 Å². The van der Waals surface area contributed by atoms with Gasteiger partial charge in [0.1, 0.15) is 0 Å². The molecule has 1 aromatic rings. The first kappa shape index (κ1) is 10.8. The first-order valence-corrected chi connectivity index (χ1v) is 3.03. The van der Waals surface area contributed by atoms with Gasteiger partial charge in [-0.05, 0) is 0 Å². The van der Waals surface area contributed by atoms with E-state index in [4.69, 9.17) is 0 Å². The molecule has 1 rings (SSSR count).